The van der Waals surface area contributed by atoms with E-state index in [-0.39, 0.29) is 17.7 Å². The normalized spacial score (nSPS) is 17.2. The minimum Gasteiger partial charge on any atom is -0.495 e. The van der Waals surface area contributed by atoms with Gasteiger partial charge in [0.05, 0.1) is 12.1 Å². The summed E-state index contributed by atoms with van der Waals surface area (Å²) in [5, 5.41) is 3.42. The van der Waals surface area contributed by atoms with E-state index in [2.05, 4.69) is 15.2 Å². The molecule has 2 saturated heterocycles. The topological polar surface area (TPSA) is 74.8 Å². The number of halogens is 1. The Morgan fingerprint density at radius 1 is 1.06 bits per heavy atom. The van der Waals surface area contributed by atoms with Crippen LogP contribution in [0.3, 0.4) is 0 Å². The molecule has 2 amide bonds. The molecular weight excluding hydrogens is 428 g/mol. The molecule has 0 saturated carbocycles. The molecule has 4 rings (SSSR count). The molecule has 1 aromatic carbocycles. The molecule has 0 unspecified atom stereocenters. The molecule has 0 atom stereocenters. The molecule has 170 valence electrons. The monoisotopic (exact) mass is 456 g/mol. The van der Waals surface area contributed by atoms with Crippen molar-refractivity contribution in [1.82, 2.24) is 9.88 Å². The molecule has 8 heteroatoms. The number of nitrogens with one attached hydrogen (secondary N) is 1. The predicted molar refractivity (Wildman–Crippen MR) is 126 cm³/mol. The van der Waals surface area contributed by atoms with E-state index in [9.17, 15) is 9.59 Å². The molecule has 0 radical (unpaired) electrons. The molecule has 7 nitrogen and oxygen atoms in total. The van der Waals surface area contributed by atoms with Crippen molar-refractivity contribution < 1.29 is 14.3 Å². The molecule has 2 aromatic rings. The Morgan fingerprint density at radius 2 is 1.81 bits per heavy atom. The number of pyridine rings is 1. The van der Waals surface area contributed by atoms with Crippen molar-refractivity contribution in [1.29, 1.82) is 0 Å². The highest BCUT2D eigenvalue weighted by molar-refractivity contribution is 6.32. The van der Waals surface area contributed by atoms with Gasteiger partial charge in [0.1, 0.15) is 11.6 Å². The van der Waals surface area contributed by atoms with Gasteiger partial charge in [-0.1, -0.05) is 11.6 Å². The van der Waals surface area contributed by atoms with Crippen molar-refractivity contribution in [2.75, 3.05) is 43.5 Å². The number of aromatic nitrogens is 1. The summed E-state index contributed by atoms with van der Waals surface area (Å²) in [6.45, 7) is 3.10. The van der Waals surface area contributed by atoms with Crippen LogP contribution in [-0.2, 0) is 4.79 Å². The number of rotatable bonds is 5. The van der Waals surface area contributed by atoms with E-state index in [1.165, 1.54) is 6.42 Å². The zero-order valence-corrected chi connectivity index (χ0v) is 19.1. The molecule has 0 spiro atoms. The fraction of sp³-hybridized carbons (Fsp3) is 0.458. The minimum absolute atomic E-state index is 0.00660. The van der Waals surface area contributed by atoms with E-state index in [4.69, 9.17) is 16.3 Å². The molecule has 0 aliphatic carbocycles. The van der Waals surface area contributed by atoms with Crippen molar-refractivity contribution in [2.24, 2.45) is 5.92 Å². The number of anilines is 2. The second kappa shape index (κ2) is 10.2. The standard InChI is InChI=1S/C24H29ClN4O3/c1-32-21-6-5-19(16-20(21)25)27-23(30)17-8-13-28(14-9-17)22-15-18(7-10-26-22)24(31)29-11-3-2-4-12-29/h5-7,10,15-17H,2-4,8-9,11-14H2,1H3,(H,27,30). The molecule has 1 N–H and O–H groups in total. The van der Waals surface area contributed by atoms with E-state index >= 15 is 0 Å². The molecule has 2 aliphatic heterocycles. The fourth-order valence-corrected chi connectivity index (χ4v) is 4.62. The predicted octanol–water partition coefficient (Wildman–Crippen LogP) is 4.22. The number of hydrogen-bond acceptors (Lipinski definition) is 5. The third-order valence-electron chi connectivity index (χ3n) is 6.24. The Balaban J connectivity index is 1.34. The zero-order valence-electron chi connectivity index (χ0n) is 18.3. The Morgan fingerprint density at radius 3 is 2.50 bits per heavy atom. The number of carbonyl (C=O) groups excluding carboxylic acids is 2. The smallest absolute Gasteiger partial charge is 0.254 e. The average molecular weight is 457 g/mol. The van der Waals surface area contributed by atoms with Crippen LogP contribution in [-0.4, -0.2) is 55.0 Å². The second-order valence-corrected chi connectivity index (χ2v) is 8.76. The Labute approximate surface area is 193 Å². The number of hydrogen-bond donors (Lipinski definition) is 1. The van der Waals surface area contributed by atoms with Gasteiger partial charge in [0, 0.05) is 49.5 Å². The first-order valence-electron chi connectivity index (χ1n) is 11.2. The first-order valence-corrected chi connectivity index (χ1v) is 11.6. The number of nitrogens with zero attached hydrogens (tertiary/aromatic N) is 3. The van der Waals surface area contributed by atoms with E-state index in [0.717, 1.165) is 57.7 Å². The number of amides is 2. The maximum absolute atomic E-state index is 12.8. The van der Waals surface area contributed by atoms with Crippen LogP contribution in [0, 0.1) is 5.92 Å². The van der Waals surface area contributed by atoms with Gasteiger partial charge in [0.2, 0.25) is 5.91 Å². The number of piperidine rings is 2. The lowest BCUT2D eigenvalue weighted by Crippen LogP contribution is -2.39. The van der Waals surface area contributed by atoms with Crippen LogP contribution in [0.5, 0.6) is 5.75 Å². The van der Waals surface area contributed by atoms with Crippen molar-refractivity contribution >= 4 is 34.9 Å². The SMILES string of the molecule is COc1ccc(NC(=O)C2CCN(c3cc(C(=O)N4CCCCC4)ccn3)CC2)cc1Cl. The molecular formula is C24H29ClN4O3. The molecule has 32 heavy (non-hydrogen) atoms. The van der Waals surface area contributed by atoms with Crippen molar-refractivity contribution in [3.05, 3.63) is 47.1 Å². The van der Waals surface area contributed by atoms with Crippen LogP contribution in [0.4, 0.5) is 11.5 Å². The Kier molecular flexibility index (Phi) is 7.15. The molecule has 1 aromatic heterocycles. The van der Waals surface area contributed by atoms with Crippen LogP contribution in [0.2, 0.25) is 5.02 Å². The minimum atomic E-state index is -0.0784. The summed E-state index contributed by atoms with van der Waals surface area (Å²) >= 11 is 6.15. The lowest BCUT2D eigenvalue weighted by atomic mass is 9.95. The summed E-state index contributed by atoms with van der Waals surface area (Å²) in [6.07, 6.45) is 6.49. The number of ether oxygens (including phenoxy) is 1. The van der Waals surface area contributed by atoms with Gasteiger partial charge in [-0.2, -0.15) is 0 Å². The van der Waals surface area contributed by atoms with Gasteiger partial charge in [-0.25, -0.2) is 4.98 Å². The molecule has 2 fully saturated rings. The zero-order chi connectivity index (χ0) is 22.5. The van der Waals surface area contributed by atoms with E-state index in [1.807, 2.05) is 11.0 Å². The first kappa shape index (κ1) is 22.4. The summed E-state index contributed by atoms with van der Waals surface area (Å²) < 4.78 is 5.15. The summed E-state index contributed by atoms with van der Waals surface area (Å²) in [7, 11) is 1.56. The number of methoxy groups -OCH3 is 1. The van der Waals surface area contributed by atoms with Crippen molar-refractivity contribution in [3.8, 4) is 5.75 Å². The third kappa shape index (κ3) is 5.15. The number of benzene rings is 1. The van der Waals surface area contributed by atoms with Crippen molar-refractivity contribution in [3.63, 3.8) is 0 Å². The van der Waals surface area contributed by atoms with Gasteiger partial charge < -0.3 is 19.9 Å². The van der Waals surface area contributed by atoms with Crippen LogP contribution in [0.15, 0.2) is 36.5 Å². The summed E-state index contributed by atoms with van der Waals surface area (Å²) in [5.41, 5.74) is 1.35. The van der Waals surface area contributed by atoms with Gasteiger partial charge in [-0.05, 0) is 62.4 Å². The van der Waals surface area contributed by atoms with Crippen LogP contribution >= 0.6 is 11.6 Å². The van der Waals surface area contributed by atoms with Crippen LogP contribution < -0.4 is 15.0 Å². The quantitative estimate of drug-likeness (QED) is 0.728. The summed E-state index contributed by atoms with van der Waals surface area (Å²) in [5.74, 6) is 1.37. The van der Waals surface area contributed by atoms with E-state index < -0.39 is 0 Å². The van der Waals surface area contributed by atoms with Crippen LogP contribution in [0.25, 0.3) is 0 Å². The summed E-state index contributed by atoms with van der Waals surface area (Å²) in [4.78, 5) is 34.1. The molecule has 3 heterocycles. The van der Waals surface area contributed by atoms with Gasteiger partial charge in [-0.3, -0.25) is 9.59 Å². The van der Waals surface area contributed by atoms with E-state index in [0.29, 0.717) is 22.0 Å². The van der Waals surface area contributed by atoms with E-state index in [1.54, 1.807) is 37.6 Å². The van der Waals surface area contributed by atoms with Gasteiger partial charge >= 0.3 is 0 Å². The van der Waals surface area contributed by atoms with Gasteiger partial charge in [0.25, 0.3) is 5.91 Å². The van der Waals surface area contributed by atoms with Crippen LogP contribution in [0.1, 0.15) is 42.5 Å². The number of carbonyl (C=O) groups is 2. The summed E-state index contributed by atoms with van der Waals surface area (Å²) in [6, 6.07) is 8.90. The lowest BCUT2D eigenvalue weighted by molar-refractivity contribution is -0.120. The highest BCUT2D eigenvalue weighted by Crippen LogP contribution is 2.29. The molecule has 0 bridgehead atoms. The first-order chi connectivity index (χ1) is 15.5. The Bertz CT molecular complexity index is 969. The van der Waals surface area contributed by atoms with Gasteiger partial charge in [0.15, 0.2) is 0 Å². The molecule has 2 aliphatic rings. The second-order valence-electron chi connectivity index (χ2n) is 8.36. The highest BCUT2D eigenvalue weighted by Gasteiger charge is 2.27. The number of likely N-dealkylation sites (tertiary alicyclic amines) is 1. The fourth-order valence-electron chi connectivity index (χ4n) is 4.36. The average Bonchev–Trinajstić information content (AvgIpc) is 2.84. The third-order valence-corrected chi connectivity index (χ3v) is 6.54. The maximum atomic E-state index is 12.8. The lowest BCUT2D eigenvalue weighted by Gasteiger charge is -2.32. The largest absolute Gasteiger partial charge is 0.495 e. The van der Waals surface area contributed by atoms with Gasteiger partial charge in [-0.15, -0.1) is 0 Å². The maximum Gasteiger partial charge on any atom is 0.254 e. The Hall–Kier alpha value is -2.80. The highest BCUT2D eigenvalue weighted by atomic mass is 35.5. The van der Waals surface area contributed by atoms with Crippen molar-refractivity contribution in [2.45, 2.75) is 32.1 Å².